The zero-order valence-electron chi connectivity index (χ0n) is 31.2. The molecule has 0 atom stereocenters. The first kappa shape index (κ1) is 36.4. The summed E-state index contributed by atoms with van der Waals surface area (Å²) in [6, 6.07) is 31.8. The number of fused-ring (bicyclic) bond motifs is 4. The highest BCUT2D eigenvalue weighted by Gasteiger charge is 2.22. The molecule has 0 radical (unpaired) electrons. The van der Waals surface area contributed by atoms with Crippen LogP contribution >= 0.6 is 0 Å². The topological polar surface area (TPSA) is 35.5 Å². The molecule has 6 aromatic carbocycles. The Morgan fingerprint density at radius 3 is 1.20 bits per heavy atom. The first-order valence-electron chi connectivity index (χ1n) is 19.7. The highest BCUT2D eigenvalue weighted by atomic mass is 16.5. The van der Waals surface area contributed by atoms with E-state index in [1.165, 1.54) is 89.0 Å². The van der Waals surface area contributed by atoms with Crippen molar-refractivity contribution in [3.63, 3.8) is 0 Å². The van der Waals surface area contributed by atoms with Gasteiger partial charge >= 0.3 is 0 Å². The molecule has 0 saturated carbocycles. The van der Waals surface area contributed by atoms with E-state index in [-0.39, 0.29) is 5.78 Å². The maximum atomic E-state index is 13.6. The van der Waals surface area contributed by atoms with Gasteiger partial charge in [-0.15, -0.1) is 0 Å². The second kappa shape index (κ2) is 18.2. The molecule has 0 amide bonds. The third-order valence-electron chi connectivity index (χ3n) is 10.8. The van der Waals surface area contributed by atoms with Gasteiger partial charge in [-0.25, -0.2) is 0 Å². The molecule has 3 nitrogen and oxygen atoms in total. The number of hydrogen-bond donors (Lipinski definition) is 0. The minimum Gasteiger partial charge on any atom is -0.495 e. The lowest BCUT2D eigenvalue weighted by Gasteiger charge is -2.21. The number of hydrogen-bond acceptors (Lipinski definition) is 3. The number of methoxy groups -OCH3 is 2. The molecule has 0 aliphatic heterocycles. The Balaban J connectivity index is 1.18. The Kier molecular flexibility index (Phi) is 13.0. The maximum Gasteiger partial charge on any atom is 0.162 e. The molecule has 0 N–H and O–H groups in total. The van der Waals surface area contributed by atoms with Crippen molar-refractivity contribution in [3.8, 4) is 22.6 Å². The van der Waals surface area contributed by atoms with Gasteiger partial charge in [0.1, 0.15) is 11.5 Å². The van der Waals surface area contributed by atoms with E-state index >= 15 is 0 Å². The zero-order valence-corrected chi connectivity index (χ0v) is 31.2. The van der Waals surface area contributed by atoms with Crippen molar-refractivity contribution in [1.82, 2.24) is 0 Å². The normalized spacial score (nSPS) is 11.6. The molecule has 0 unspecified atom stereocenters. The number of ketones is 1. The summed E-state index contributed by atoms with van der Waals surface area (Å²) >= 11 is 0. The predicted octanol–water partition coefficient (Wildman–Crippen LogP) is 14.4. The molecule has 0 aliphatic carbocycles. The molecule has 3 heteroatoms. The minimum atomic E-state index is 0.212. The van der Waals surface area contributed by atoms with Crippen LogP contribution in [0.2, 0.25) is 0 Å². The molecule has 0 aliphatic rings. The summed E-state index contributed by atoms with van der Waals surface area (Å²) in [6.45, 7) is 2.28. The van der Waals surface area contributed by atoms with Crippen LogP contribution in [0.3, 0.4) is 0 Å². The molecule has 0 bridgehead atoms. The van der Waals surface area contributed by atoms with Crippen LogP contribution in [-0.2, 0) is 0 Å². The highest BCUT2D eigenvalue weighted by molar-refractivity contribution is 6.27. The van der Waals surface area contributed by atoms with Gasteiger partial charge < -0.3 is 9.47 Å². The molecule has 266 valence electrons. The average molecular weight is 681 g/mol. The Labute approximate surface area is 305 Å². The van der Waals surface area contributed by atoms with Gasteiger partial charge in [0, 0.05) is 33.5 Å². The molecule has 0 heterocycles. The SMILES string of the molecule is CCCCCCCCCCCCCCCCCC(=O)c1ccc2c(-c3c4ccccc4c(OC)c4ccccc34)c3ccccc3c(OC)c2c1. The van der Waals surface area contributed by atoms with Gasteiger partial charge in [0.15, 0.2) is 5.78 Å². The number of carbonyl (C=O) groups is 1. The summed E-state index contributed by atoms with van der Waals surface area (Å²) in [4.78, 5) is 13.6. The average Bonchev–Trinajstić information content (AvgIpc) is 3.17. The molecule has 0 spiro atoms. The smallest absolute Gasteiger partial charge is 0.162 e. The largest absolute Gasteiger partial charge is 0.495 e. The first-order valence-corrected chi connectivity index (χ1v) is 19.7. The van der Waals surface area contributed by atoms with E-state index < -0.39 is 0 Å². The molecule has 51 heavy (non-hydrogen) atoms. The van der Waals surface area contributed by atoms with Crippen LogP contribution in [-0.4, -0.2) is 20.0 Å². The van der Waals surface area contributed by atoms with E-state index in [2.05, 4.69) is 91.9 Å². The monoisotopic (exact) mass is 680 g/mol. The molecule has 0 saturated heterocycles. The third kappa shape index (κ3) is 8.25. The van der Waals surface area contributed by atoms with E-state index in [0.29, 0.717) is 6.42 Å². The Morgan fingerprint density at radius 2 is 0.784 bits per heavy atom. The lowest BCUT2D eigenvalue weighted by molar-refractivity contribution is 0.0979. The first-order chi connectivity index (χ1) is 25.2. The number of Topliss-reactive ketones (excluding diaryl/α,β-unsaturated/α-hetero) is 1. The van der Waals surface area contributed by atoms with Crippen LogP contribution in [0.15, 0.2) is 91.0 Å². The Bertz CT molecular complexity index is 2020. The molecule has 6 rings (SSSR count). The van der Waals surface area contributed by atoms with E-state index in [0.717, 1.165) is 78.6 Å². The Morgan fingerprint density at radius 1 is 0.431 bits per heavy atom. The quantitative estimate of drug-likeness (QED) is 0.0457. The van der Waals surface area contributed by atoms with Gasteiger partial charge in [0.05, 0.1) is 14.2 Å². The lowest BCUT2D eigenvalue weighted by atomic mass is 9.85. The number of unbranched alkanes of at least 4 members (excludes halogenated alkanes) is 14. The summed E-state index contributed by atoms with van der Waals surface area (Å²) in [5.74, 6) is 1.91. The van der Waals surface area contributed by atoms with Crippen molar-refractivity contribution in [2.24, 2.45) is 0 Å². The highest BCUT2D eigenvalue weighted by Crippen LogP contribution is 2.49. The van der Waals surface area contributed by atoms with Crippen LogP contribution in [0.5, 0.6) is 11.5 Å². The van der Waals surface area contributed by atoms with E-state index in [9.17, 15) is 4.79 Å². The number of benzene rings is 6. The maximum absolute atomic E-state index is 13.6. The number of ether oxygens (including phenoxy) is 2. The van der Waals surface area contributed by atoms with Gasteiger partial charge in [-0.05, 0) is 45.2 Å². The minimum absolute atomic E-state index is 0.212. The summed E-state index contributed by atoms with van der Waals surface area (Å²) in [5, 5.41) is 8.65. The van der Waals surface area contributed by atoms with Crippen LogP contribution in [0.25, 0.3) is 54.2 Å². The van der Waals surface area contributed by atoms with Gasteiger partial charge in [-0.3, -0.25) is 4.79 Å². The van der Waals surface area contributed by atoms with Crippen molar-refractivity contribution < 1.29 is 14.3 Å². The van der Waals surface area contributed by atoms with Gasteiger partial charge in [-0.2, -0.15) is 0 Å². The zero-order chi connectivity index (χ0) is 35.4. The van der Waals surface area contributed by atoms with Gasteiger partial charge in [-0.1, -0.05) is 182 Å². The van der Waals surface area contributed by atoms with Gasteiger partial charge in [0.2, 0.25) is 0 Å². The van der Waals surface area contributed by atoms with Crippen molar-refractivity contribution in [1.29, 1.82) is 0 Å². The van der Waals surface area contributed by atoms with Crippen LogP contribution in [0.4, 0.5) is 0 Å². The molecular weight excluding hydrogens is 625 g/mol. The van der Waals surface area contributed by atoms with E-state index in [1.807, 2.05) is 6.07 Å². The number of rotatable bonds is 20. The van der Waals surface area contributed by atoms with E-state index in [4.69, 9.17) is 9.47 Å². The number of carbonyl (C=O) groups excluding carboxylic acids is 1. The molecule has 0 aromatic heterocycles. The summed E-state index contributed by atoms with van der Waals surface area (Å²) in [7, 11) is 3.49. The fourth-order valence-electron chi connectivity index (χ4n) is 8.18. The van der Waals surface area contributed by atoms with Crippen molar-refractivity contribution in [2.75, 3.05) is 14.2 Å². The Hall–Kier alpha value is -4.37. The second-order valence-corrected chi connectivity index (χ2v) is 14.3. The van der Waals surface area contributed by atoms with Crippen molar-refractivity contribution >= 4 is 48.9 Å². The van der Waals surface area contributed by atoms with Crippen molar-refractivity contribution in [2.45, 2.75) is 110 Å². The third-order valence-corrected chi connectivity index (χ3v) is 10.8. The summed E-state index contributed by atoms with van der Waals surface area (Å²) < 4.78 is 12.2. The summed E-state index contributed by atoms with van der Waals surface area (Å²) in [5.41, 5.74) is 3.08. The van der Waals surface area contributed by atoms with Gasteiger partial charge in [0.25, 0.3) is 0 Å². The fourth-order valence-corrected chi connectivity index (χ4v) is 8.18. The lowest BCUT2D eigenvalue weighted by Crippen LogP contribution is -2.00. The molecule has 0 fully saturated rings. The summed E-state index contributed by atoms with van der Waals surface area (Å²) in [6.07, 6.45) is 20.4. The predicted molar refractivity (Wildman–Crippen MR) is 219 cm³/mol. The molecular formula is C48H56O3. The standard InChI is InChI=1S/C48H56O3/c1-4-5-6-7-8-9-10-11-12-13-14-15-16-17-18-31-44(49)35-32-33-39-43(34-35)48(51-3)42-30-24-21-27-38(42)46(39)45-36-25-19-22-28-40(36)47(50-2)41-29-23-20-26-37(41)45/h19-30,32-34H,4-18,31H2,1-3H3. The second-order valence-electron chi connectivity index (χ2n) is 14.3. The fraction of sp³-hybridized carbons (Fsp3) is 0.396. The van der Waals surface area contributed by atoms with Crippen LogP contribution < -0.4 is 9.47 Å². The van der Waals surface area contributed by atoms with Crippen molar-refractivity contribution in [3.05, 3.63) is 96.6 Å². The molecule has 6 aromatic rings. The van der Waals surface area contributed by atoms with Crippen LogP contribution in [0.1, 0.15) is 120 Å². The van der Waals surface area contributed by atoms with Crippen LogP contribution in [0, 0.1) is 0 Å². The van der Waals surface area contributed by atoms with E-state index in [1.54, 1.807) is 14.2 Å².